The molecule has 0 spiro atoms. The lowest BCUT2D eigenvalue weighted by Crippen LogP contribution is -3.00. The van der Waals surface area contributed by atoms with Crippen LogP contribution in [0.2, 0.25) is 0 Å². The van der Waals surface area contributed by atoms with Crippen molar-refractivity contribution in [2.24, 2.45) is 5.92 Å². The lowest BCUT2D eigenvalue weighted by atomic mass is 9.80. The molecule has 1 aromatic heterocycles. The second-order valence-electron chi connectivity index (χ2n) is 8.50. The number of rotatable bonds is 10. The van der Waals surface area contributed by atoms with Gasteiger partial charge in [-0.2, -0.15) is 0 Å². The molecule has 8 heteroatoms. The first-order valence-electron chi connectivity index (χ1n) is 11.2. The van der Waals surface area contributed by atoms with E-state index in [1.165, 1.54) is 0 Å². The number of hydrogen-bond acceptors (Lipinski definition) is 3. The number of esters is 1. The Bertz CT molecular complexity index is 875. The Morgan fingerprint density at radius 1 is 1.31 bits per heavy atom. The lowest BCUT2D eigenvalue weighted by molar-refractivity contribution is -0.702. The average molecular weight is 515 g/mol. The van der Waals surface area contributed by atoms with Crippen molar-refractivity contribution in [2.45, 2.75) is 77.0 Å². The minimum atomic E-state index is -2.87. The Labute approximate surface area is 199 Å². The average Bonchev–Trinajstić information content (AvgIpc) is 3.31. The number of ether oxygens (including phenoxy) is 1. The third kappa shape index (κ3) is 5.95. The summed E-state index contributed by atoms with van der Waals surface area (Å²) in [6.45, 7) is 5.97. The van der Waals surface area contributed by atoms with Gasteiger partial charge < -0.3 is 26.8 Å². The number of nitrogens with zero attached hydrogens (tertiary/aromatic N) is 2. The first-order valence-corrected chi connectivity index (χ1v) is 11.2. The van der Waals surface area contributed by atoms with Crippen LogP contribution >= 0.6 is 0 Å². The van der Waals surface area contributed by atoms with E-state index in [1.807, 2.05) is 12.4 Å². The third-order valence-corrected chi connectivity index (χ3v) is 6.31. The maximum Gasteiger partial charge on any atom is 0.343 e. The van der Waals surface area contributed by atoms with E-state index in [9.17, 15) is 18.7 Å². The third-order valence-electron chi connectivity index (χ3n) is 6.31. The van der Waals surface area contributed by atoms with Crippen LogP contribution in [0.15, 0.2) is 42.7 Å². The van der Waals surface area contributed by atoms with Crippen molar-refractivity contribution in [2.75, 3.05) is 6.61 Å². The van der Waals surface area contributed by atoms with Gasteiger partial charge in [-0.05, 0) is 18.4 Å². The minimum Gasteiger partial charge on any atom is -1.00 e. The van der Waals surface area contributed by atoms with Crippen LogP contribution < -0.4 is 21.5 Å². The number of aryl methyl sites for hydroxylation is 2. The number of unbranched alkanes of at least 4 members (excludes halogenated alkanes) is 1. The molecule has 1 aliphatic carbocycles. The lowest BCUT2D eigenvalue weighted by Gasteiger charge is -2.32. The highest BCUT2D eigenvalue weighted by molar-refractivity contribution is 5.81. The van der Waals surface area contributed by atoms with Crippen molar-refractivity contribution in [1.29, 1.82) is 0 Å². The van der Waals surface area contributed by atoms with Gasteiger partial charge in [-0.1, -0.05) is 43.7 Å². The molecule has 1 heterocycles. The zero-order valence-electron chi connectivity index (χ0n) is 18.8. The second kappa shape index (κ2) is 11.4. The maximum atomic E-state index is 13.8. The molecule has 5 nitrogen and oxygen atoms in total. The molecule has 2 atom stereocenters. The molecule has 0 amide bonds. The van der Waals surface area contributed by atoms with Gasteiger partial charge in [-0.25, -0.2) is 22.7 Å². The van der Waals surface area contributed by atoms with Gasteiger partial charge in [-0.3, -0.25) is 0 Å². The molecule has 1 aliphatic rings. The first-order chi connectivity index (χ1) is 14.8. The molecule has 178 valence electrons. The summed E-state index contributed by atoms with van der Waals surface area (Å²) in [6, 6.07) is 8.31. The molecule has 32 heavy (non-hydrogen) atoms. The number of carbonyl (C=O) groups is 1. The summed E-state index contributed by atoms with van der Waals surface area (Å²) in [7, 11) is 0. The number of benzene rings is 1. The fraction of sp³-hybridized carbons (Fsp3) is 0.583. The fourth-order valence-electron chi connectivity index (χ4n) is 4.37. The highest BCUT2D eigenvalue weighted by Gasteiger charge is 2.54. The highest BCUT2D eigenvalue weighted by Crippen LogP contribution is 2.47. The van der Waals surface area contributed by atoms with E-state index < -0.39 is 29.8 Å². The number of carbonyl (C=O) groups excluding carboxylic acids is 1. The Balaban J connectivity index is 0.00000363. The summed E-state index contributed by atoms with van der Waals surface area (Å²) in [4.78, 5) is 12.9. The monoisotopic (exact) mass is 514 g/mol. The molecular formula is C24H33BrF2N2O3. The molecule has 3 rings (SSSR count). The predicted molar refractivity (Wildman–Crippen MR) is 112 cm³/mol. The van der Waals surface area contributed by atoms with Crippen LogP contribution in [0.25, 0.3) is 0 Å². The summed E-state index contributed by atoms with van der Waals surface area (Å²) in [5, 5.41) is 11.3. The molecule has 0 unspecified atom stereocenters. The molecular weight excluding hydrogens is 482 g/mol. The maximum absolute atomic E-state index is 13.8. The van der Waals surface area contributed by atoms with Crippen molar-refractivity contribution in [3.8, 4) is 0 Å². The Kier molecular flexibility index (Phi) is 9.40. The number of alkyl halides is 2. The predicted octanol–water partition coefficient (Wildman–Crippen LogP) is 1.14. The summed E-state index contributed by atoms with van der Waals surface area (Å²) < 4.78 is 37.4. The van der Waals surface area contributed by atoms with Gasteiger partial charge in [-0.15, -0.1) is 0 Å². The first kappa shape index (κ1) is 26.5. The van der Waals surface area contributed by atoms with E-state index in [2.05, 4.69) is 23.0 Å². The summed E-state index contributed by atoms with van der Waals surface area (Å²) in [5.41, 5.74) is -1.76. The smallest absolute Gasteiger partial charge is 0.343 e. The van der Waals surface area contributed by atoms with Crippen molar-refractivity contribution >= 4 is 5.97 Å². The number of imidazole rings is 1. The zero-order valence-corrected chi connectivity index (χ0v) is 20.4. The standard InChI is InChI=1S/C24H33F2N2O3.BrH/c1-3-4-13-27-15-16-28(19(27)2)14-8-17-31-22(29)24(30,20-9-6-5-7-10-20)21-11-12-23(25,26)18-21;/h5-7,9-10,15-16,21,30H,3-4,8,11-14,17-18H2,1-2H3;1H/q+1;/p-1/t21-,24+;/m1./s1. The van der Waals surface area contributed by atoms with Crippen LogP contribution in [-0.4, -0.2) is 28.2 Å². The number of aliphatic hydroxyl groups is 1. The topological polar surface area (TPSA) is 55.3 Å². The van der Waals surface area contributed by atoms with Gasteiger partial charge in [0.2, 0.25) is 5.92 Å². The molecule has 0 bridgehead atoms. The molecule has 1 aromatic carbocycles. The van der Waals surface area contributed by atoms with Gasteiger partial charge in [0, 0.05) is 32.1 Å². The largest absolute Gasteiger partial charge is 1.00 e. The van der Waals surface area contributed by atoms with E-state index >= 15 is 0 Å². The van der Waals surface area contributed by atoms with Crippen molar-refractivity contribution in [3.05, 3.63) is 54.1 Å². The molecule has 0 radical (unpaired) electrons. The Morgan fingerprint density at radius 2 is 2.03 bits per heavy atom. The van der Waals surface area contributed by atoms with Crippen LogP contribution in [0.3, 0.4) is 0 Å². The van der Waals surface area contributed by atoms with Gasteiger partial charge >= 0.3 is 5.97 Å². The van der Waals surface area contributed by atoms with E-state index in [4.69, 9.17) is 4.74 Å². The minimum absolute atomic E-state index is 0. The molecule has 1 fully saturated rings. The fourth-order valence-corrected chi connectivity index (χ4v) is 4.37. The van der Waals surface area contributed by atoms with Gasteiger partial charge in [0.25, 0.3) is 5.82 Å². The van der Waals surface area contributed by atoms with Crippen LogP contribution in [0.1, 0.15) is 56.8 Å². The van der Waals surface area contributed by atoms with Gasteiger partial charge in [0.05, 0.1) is 19.7 Å². The molecule has 0 aliphatic heterocycles. The van der Waals surface area contributed by atoms with E-state index in [1.54, 1.807) is 30.3 Å². The van der Waals surface area contributed by atoms with E-state index in [0.717, 1.165) is 25.2 Å². The van der Waals surface area contributed by atoms with Gasteiger partial charge in [0.1, 0.15) is 12.4 Å². The summed E-state index contributed by atoms with van der Waals surface area (Å²) >= 11 is 0. The molecule has 0 saturated heterocycles. The zero-order chi connectivity index (χ0) is 22.5. The Hall–Kier alpha value is -1.80. The molecule has 1 N–H and O–H groups in total. The van der Waals surface area contributed by atoms with E-state index in [-0.39, 0.29) is 36.4 Å². The second-order valence-corrected chi connectivity index (χ2v) is 8.50. The van der Waals surface area contributed by atoms with Crippen LogP contribution in [0.5, 0.6) is 0 Å². The van der Waals surface area contributed by atoms with Gasteiger partial charge in [0.15, 0.2) is 5.60 Å². The molecule has 2 aromatic rings. The number of hydrogen-bond donors (Lipinski definition) is 1. The SMILES string of the molecule is CCCC[n+]1ccn(CCCOC(=O)[C@](O)(c2ccccc2)[C@@H]2CCC(F)(F)C2)c1C.[Br-]. The number of aromatic nitrogens is 2. The van der Waals surface area contributed by atoms with Crippen molar-refractivity contribution in [1.82, 2.24) is 4.57 Å². The number of halogens is 3. The van der Waals surface area contributed by atoms with Crippen LogP contribution in [-0.2, 0) is 28.2 Å². The summed E-state index contributed by atoms with van der Waals surface area (Å²) in [6.07, 6.45) is 6.10. The molecule has 1 saturated carbocycles. The highest BCUT2D eigenvalue weighted by atomic mass is 79.9. The van der Waals surface area contributed by atoms with E-state index in [0.29, 0.717) is 18.5 Å². The summed E-state index contributed by atoms with van der Waals surface area (Å²) in [5.74, 6) is -3.45. The quantitative estimate of drug-likeness (QED) is 0.294. The van der Waals surface area contributed by atoms with Crippen LogP contribution in [0.4, 0.5) is 8.78 Å². The van der Waals surface area contributed by atoms with Crippen molar-refractivity contribution < 1.29 is 45.0 Å². The normalized spacial score (nSPS) is 19.2. The Morgan fingerprint density at radius 3 is 2.66 bits per heavy atom. The van der Waals surface area contributed by atoms with Crippen LogP contribution in [0, 0.1) is 12.8 Å². The van der Waals surface area contributed by atoms with Crippen molar-refractivity contribution in [3.63, 3.8) is 0 Å².